The SMILES string of the molecule is Cn1ccc(CC2(N)COc3ccccc3C2)n1. The molecule has 2 heterocycles. The Morgan fingerprint density at radius 1 is 1.39 bits per heavy atom. The van der Waals surface area contributed by atoms with Crippen LogP contribution in [-0.2, 0) is 19.9 Å². The minimum atomic E-state index is -0.358. The zero-order valence-electron chi connectivity index (χ0n) is 10.5. The Balaban J connectivity index is 1.81. The fourth-order valence-electron chi connectivity index (χ4n) is 2.47. The summed E-state index contributed by atoms with van der Waals surface area (Å²) in [6, 6.07) is 10.1. The first-order valence-electron chi connectivity index (χ1n) is 6.13. The zero-order valence-corrected chi connectivity index (χ0v) is 10.5. The van der Waals surface area contributed by atoms with Crippen LogP contribution < -0.4 is 10.5 Å². The molecule has 0 saturated carbocycles. The number of hydrogen-bond donors (Lipinski definition) is 1. The van der Waals surface area contributed by atoms with E-state index in [0.717, 1.165) is 24.3 Å². The number of ether oxygens (including phenoxy) is 1. The van der Waals surface area contributed by atoms with Crippen molar-refractivity contribution >= 4 is 0 Å². The van der Waals surface area contributed by atoms with Crippen molar-refractivity contribution in [1.82, 2.24) is 9.78 Å². The lowest BCUT2D eigenvalue weighted by atomic mass is 9.86. The highest BCUT2D eigenvalue weighted by atomic mass is 16.5. The molecule has 1 aliphatic rings. The molecule has 0 saturated heterocycles. The normalized spacial score (nSPS) is 22.3. The maximum absolute atomic E-state index is 6.44. The molecule has 1 unspecified atom stereocenters. The zero-order chi connectivity index (χ0) is 12.6. The summed E-state index contributed by atoms with van der Waals surface area (Å²) >= 11 is 0. The minimum absolute atomic E-state index is 0.358. The number of fused-ring (bicyclic) bond motifs is 1. The molecule has 1 aromatic carbocycles. The molecule has 0 radical (unpaired) electrons. The smallest absolute Gasteiger partial charge is 0.122 e. The Morgan fingerprint density at radius 3 is 3.00 bits per heavy atom. The highest BCUT2D eigenvalue weighted by Crippen LogP contribution is 2.29. The molecule has 0 aliphatic carbocycles. The first kappa shape index (κ1) is 11.3. The van der Waals surface area contributed by atoms with Crippen molar-refractivity contribution in [3.8, 4) is 5.75 Å². The maximum Gasteiger partial charge on any atom is 0.122 e. The summed E-state index contributed by atoms with van der Waals surface area (Å²) in [5.74, 6) is 0.958. The van der Waals surface area contributed by atoms with Crippen LogP contribution in [0.4, 0.5) is 0 Å². The number of rotatable bonds is 2. The van der Waals surface area contributed by atoms with E-state index in [1.165, 1.54) is 5.56 Å². The third-order valence-electron chi connectivity index (χ3n) is 3.33. The number of para-hydroxylation sites is 1. The van der Waals surface area contributed by atoms with Gasteiger partial charge in [0.15, 0.2) is 0 Å². The molecule has 18 heavy (non-hydrogen) atoms. The van der Waals surface area contributed by atoms with Crippen LogP contribution in [0.1, 0.15) is 11.3 Å². The molecule has 0 fully saturated rings. The molecule has 2 aromatic rings. The fourth-order valence-corrected chi connectivity index (χ4v) is 2.47. The molecule has 0 bridgehead atoms. The van der Waals surface area contributed by atoms with Gasteiger partial charge in [-0.15, -0.1) is 0 Å². The first-order valence-corrected chi connectivity index (χ1v) is 6.13. The van der Waals surface area contributed by atoms with Gasteiger partial charge >= 0.3 is 0 Å². The lowest BCUT2D eigenvalue weighted by Gasteiger charge is -2.34. The molecule has 0 amide bonds. The average molecular weight is 243 g/mol. The fraction of sp³-hybridized carbons (Fsp3) is 0.357. The van der Waals surface area contributed by atoms with Crippen LogP contribution in [0.5, 0.6) is 5.75 Å². The number of aromatic nitrogens is 2. The van der Waals surface area contributed by atoms with E-state index in [1.54, 1.807) is 4.68 Å². The van der Waals surface area contributed by atoms with Crippen molar-refractivity contribution in [3.63, 3.8) is 0 Å². The summed E-state index contributed by atoms with van der Waals surface area (Å²) in [5, 5.41) is 4.39. The second kappa shape index (κ2) is 4.14. The molecular formula is C14H17N3O. The highest BCUT2D eigenvalue weighted by molar-refractivity contribution is 5.37. The Bertz CT molecular complexity index is 564. The molecule has 0 spiro atoms. The number of hydrogen-bond acceptors (Lipinski definition) is 3. The Kier molecular flexibility index (Phi) is 2.59. The molecule has 1 aliphatic heterocycles. The third-order valence-corrected chi connectivity index (χ3v) is 3.33. The van der Waals surface area contributed by atoms with Gasteiger partial charge in [0.2, 0.25) is 0 Å². The van der Waals surface area contributed by atoms with E-state index in [0.29, 0.717) is 6.61 Å². The van der Waals surface area contributed by atoms with E-state index in [1.807, 2.05) is 37.5 Å². The predicted molar refractivity (Wildman–Crippen MR) is 69.5 cm³/mol. The van der Waals surface area contributed by atoms with Gasteiger partial charge in [0, 0.05) is 19.7 Å². The van der Waals surface area contributed by atoms with E-state index < -0.39 is 0 Å². The predicted octanol–water partition coefficient (Wildman–Crippen LogP) is 1.30. The van der Waals surface area contributed by atoms with Crippen LogP contribution >= 0.6 is 0 Å². The van der Waals surface area contributed by atoms with Gasteiger partial charge in [-0.1, -0.05) is 18.2 Å². The quantitative estimate of drug-likeness (QED) is 0.865. The van der Waals surface area contributed by atoms with Gasteiger partial charge in [0.05, 0.1) is 11.2 Å². The molecule has 94 valence electrons. The van der Waals surface area contributed by atoms with Crippen LogP contribution in [0.15, 0.2) is 36.5 Å². The highest BCUT2D eigenvalue weighted by Gasteiger charge is 2.32. The Morgan fingerprint density at radius 2 is 2.22 bits per heavy atom. The molecule has 2 N–H and O–H groups in total. The Labute approximate surface area is 106 Å². The van der Waals surface area contributed by atoms with Crippen molar-refractivity contribution in [2.45, 2.75) is 18.4 Å². The lowest BCUT2D eigenvalue weighted by Crippen LogP contribution is -2.51. The van der Waals surface area contributed by atoms with Gasteiger partial charge in [-0.3, -0.25) is 4.68 Å². The van der Waals surface area contributed by atoms with E-state index >= 15 is 0 Å². The van der Waals surface area contributed by atoms with Crippen LogP contribution in [0.3, 0.4) is 0 Å². The molecule has 4 heteroatoms. The molecule has 1 atom stereocenters. The van der Waals surface area contributed by atoms with Crippen LogP contribution in [0.2, 0.25) is 0 Å². The van der Waals surface area contributed by atoms with Gasteiger partial charge in [-0.05, 0) is 24.1 Å². The molecule has 1 aromatic heterocycles. The maximum atomic E-state index is 6.44. The van der Waals surface area contributed by atoms with Crippen molar-refractivity contribution in [1.29, 1.82) is 0 Å². The van der Waals surface area contributed by atoms with Gasteiger partial charge in [0.25, 0.3) is 0 Å². The molecule has 4 nitrogen and oxygen atoms in total. The van der Waals surface area contributed by atoms with Crippen molar-refractivity contribution in [2.75, 3.05) is 6.61 Å². The summed E-state index contributed by atoms with van der Waals surface area (Å²) in [5.41, 5.74) is 8.28. The van der Waals surface area contributed by atoms with Crippen molar-refractivity contribution in [3.05, 3.63) is 47.8 Å². The van der Waals surface area contributed by atoms with Crippen molar-refractivity contribution in [2.24, 2.45) is 12.8 Å². The Hall–Kier alpha value is -1.81. The summed E-state index contributed by atoms with van der Waals surface area (Å²) < 4.78 is 7.56. The van der Waals surface area contributed by atoms with Gasteiger partial charge in [-0.25, -0.2) is 0 Å². The minimum Gasteiger partial charge on any atom is -0.491 e. The van der Waals surface area contributed by atoms with Crippen molar-refractivity contribution < 1.29 is 4.74 Å². The number of benzene rings is 1. The van der Waals surface area contributed by atoms with E-state index in [4.69, 9.17) is 10.5 Å². The number of nitrogens with two attached hydrogens (primary N) is 1. The second-order valence-corrected chi connectivity index (χ2v) is 5.09. The van der Waals surface area contributed by atoms with Crippen LogP contribution in [-0.4, -0.2) is 21.9 Å². The topological polar surface area (TPSA) is 53.1 Å². The van der Waals surface area contributed by atoms with Gasteiger partial charge < -0.3 is 10.5 Å². The largest absolute Gasteiger partial charge is 0.491 e. The monoisotopic (exact) mass is 243 g/mol. The third kappa shape index (κ3) is 2.11. The molecule has 3 rings (SSSR count). The standard InChI is InChI=1S/C14H17N3O/c1-17-7-6-12(16-17)9-14(15)8-11-4-2-3-5-13(11)18-10-14/h2-7H,8-10,15H2,1H3. The molecular weight excluding hydrogens is 226 g/mol. The number of nitrogens with zero attached hydrogens (tertiary/aromatic N) is 2. The van der Waals surface area contributed by atoms with Gasteiger partial charge in [0.1, 0.15) is 12.4 Å². The summed E-state index contributed by atoms with van der Waals surface area (Å²) in [6.07, 6.45) is 3.51. The summed E-state index contributed by atoms with van der Waals surface area (Å²) in [4.78, 5) is 0. The average Bonchev–Trinajstić information content (AvgIpc) is 2.74. The van der Waals surface area contributed by atoms with Crippen LogP contribution in [0, 0.1) is 0 Å². The number of aryl methyl sites for hydroxylation is 1. The van der Waals surface area contributed by atoms with Gasteiger partial charge in [-0.2, -0.15) is 5.10 Å². The first-order chi connectivity index (χ1) is 8.65. The van der Waals surface area contributed by atoms with E-state index in [2.05, 4.69) is 11.2 Å². The lowest BCUT2D eigenvalue weighted by molar-refractivity contribution is 0.189. The van der Waals surface area contributed by atoms with E-state index in [-0.39, 0.29) is 5.54 Å². The van der Waals surface area contributed by atoms with Crippen LogP contribution in [0.25, 0.3) is 0 Å². The summed E-state index contributed by atoms with van der Waals surface area (Å²) in [6.45, 7) is 0.542. The van der Waals surface area contributed by atoms with E-state index in [9.17, 15) is 0 Å². The summed E-state index contributed by atoms with van der Waals surface area (Å²) in [7, 11) is 1.92. The second-order valence-electron chi connectivity index (χ2n) is 5.09.